The predicted molar refractivity (Wildman–Crippen MR) is 157 cm³/mol. The summed E-state index contributed by atoms with van der Waals surface area (Å²) in [6, 6.07) is 11.2. The van der Waals surface area contributed by atoms with Crippen LogP contribution >= 0.6 is 0 Å². The Morgan fingerprint density at radius 2 is 1.67 bits per heavy atom. The normalized spacial score (nSPS) is 23.6. The molecule has 1 amide bonds. The van der Waals surface area contributed by atoms with Gasteiger partial charge in [0.15, 0.2) is 9.84 Å². The molecule has 0 radical (unpaired) electrons. The lowest BCUT2D eigenvalue weighted by Gasteiger charge is -2.44. The van der Waals surface area contributed by atoms with Gasteiger partial charge in [-0.15, -0.1) is 0 Å². The van der Waals surface area contributed by atoms with E-state index in [0.717, 1.165) is 18.2 Å². The molecule has 0 aromatic heterocycles. The van der Waals surface area contributed by atoms with Crippen molar-refractivity contribution in [1.29, 1.82) is 0 Å². The van der Waals surface area contributed by atoms with Crippen LogP contribution in [-0.4, -0.2) is 73.7 Å². The summed E-state index contributed by atoms with van der Waals surface area (Å²) >= 11 is 0. The number of ether oxygens (including phenoxy) is 1. The van der Waals surface area contributed by atoms with E-state index in [2.05, 4.69) is 9.64 Å². The van der Waals surface area contributed by atoms with Crippen molar-refractivity contribution in [2.75, 3.05) is 19.3 Å². The average Bonchev–Trinajstić information content (AvgIpc) is 3.34. The number of hydrogen-bond acceptors (Lipinski definition) is 6. The molecule has 7 nitrogen and oxygen atoms in total. The van der Waals surface area contributed by atoms with Crippen LogP contribution in [0, 0.1) is 11.8 Å². The zero-order chi connectivity index (χ0) is 34.0. The van der Waals surface area contributed by atoms with Gasteiger partial charge in [-0.1, -0.05) is 30.3 Å². The van der Waals surface area contributed by atoms with E-state index in [9.17, 15) is 44.3 Å². The van der Waals surface area contributed by atoms with Crippen LogP contribution in [0.15, 0.2) is 59.5 Å². The number of carbonyl (C=O) groups excluding carboxylic acids is 2. The molecule has 1 aliphatic carbocycles. The number of amides is 1. The maximum Gasteiger partial charge on any atom is 0.490 e. The smallest absolute Gasteiger partial charge is 0.451 e. The first-order valence-electron chi connectivity index (χ1n) is 15.1. The standard InChI is InChI=1S/C32H38F6N2O5S/c1-20(2)39(3)25-12-13-27(23(17-25)19-46(43,44)26-10-5-4-6-11-26)40-15-14-22(29(40)41)18-28(45-30(42)32(36,37)38)21-8-7-9-24(16-21)31(33,34)35/h4-11,16,20,22-23,25,27-28H,12-15,17-19H2,1-3H3/t22?,23-,25+,27-,28+/m0/s1. The molecule has 2 aromatic rings. The van der Waals surface area contributed by atoms with Gasteiger partial charge in [-0.25, -0.2) is 13.2 Å². The van der Waals surface area contributed by atoms with E-state index in [1.54, 1.807) is 23.1 Å². The number of sulfone groups is 1. The summed E-state index contributed by atoms with van der Waals surface area (Å²) in [6.07, 6.45) is -10.6. The SMILES string of the molecule is CC(C)N(C)[C@@H]1CC[C@H](N2CCC(C[C@@H](OC(=O)C(F)(F)F)c3cccc(C(F)(F)F)c3)C2=O)[C@H](CS(=O)(=O)c2ccccc2)C1. The lowest BCUT2D eigenvalue weighted by atomic mass is 9.80. The van der Waals surface area contributed by atoms with Crippen LogP contribution in [-0.2, 0) is 30.3 Å². The molecule has 46 heavy (non-hydrogen) atoms. The van der Waals surface area contributed by atoms with Gasteiger partial charge in [0.1, 0.15) is 6.10 Å². The van der Waals surface area contributed by atoms with E-state index in [-0.39, 0.29) is 41.3 Å². The predicted octanol–water partition coefficient (Wildman–Crippen LogP) is 6.44. The van der Waals surface area contributed by atoms with E-state index < -0.39 is 70.0 Å². The molecule has 2 aliphatic rings. The maximum absolute atomic E-state index is 13.8. The number of esters is 1. The Balaban J connectivity index is 1.59. The number of hydrogen-bond donors (Lipinski definition) is 0. The van der Waals surface area contributed by atoms with Crippen LogP contribution in [0.3, 0.4) is 0 Å². The summed E-state index contributed by atoms with van der Waals surface area (Å²) in [4.78, 5) is 29.5. The Labute approximate surface area is 264 Å². The highest BCUT2D eigenvalue weighted by Gasteiger charge is 2.47. The van der Waals surface area contributed by atoms with Crippen LogP contribution in [0.2, 0.25) is 0 Å². The number of likely N-dealkylation sites (tertiary alicyclic amines) is 1. The van der Waals surface area contributed by atoms with E-state index in [1.807, 2.05) is 20.9 Å². The van der Waals surface area contributed by atoms with Crippen molar-refractivity contribution in [1.82, 2.24) is 9.80 Å². The second-order valence-electron chi connectivity index (χ2n) is 12.4. The second kappa shape index (κ2) is 13.9. The Hall–Kier alpha value is -3.13. The molecule has 5 atom stereocenters. The highest BCUT2D eigenvalue weighted by atomic mass is 32.2. The largest absolute Gasteiger partial charge is 0.490 e. The number of halogens is 6. The van der Waals surface area contributed by atoms with Gasteiger partial charge in [-0.3, -0.25) is 4.79 Å². The van der Waals surface area contributed by atoms with Gasteiger partial charge in [-0.2, -0.15) is 26.3 Å². The van der Waals surface area contributed by atoms with E-state index in [1.165, 1.54) is 12.1 Å². The van der Waals surface area contributed by atoms with Crippen molar-refractivity contribution >= 4 is 21.7 Å². The first-order chi connectivity index (χ1) is 21.4. The maximum atomic E-state index is 13.8. The fourth-order valence-electron chi connectivity index (χ4n) is 6.54. The second-order valence-corrected chi connectivity index (χ2v) is 14.5. The number of alkyl halides is 6. The highest BCUT2D eigenvalue weighted by Crippen LogP contribution is 2.40. The lowest BCUT2D eigenvalue weighted by molar-refractivity contribution is -0.206. The third kappa shape index (κ3) is 8.41. The van der Waals surface area contributed by atoms with E-state index >= 15 is 0 Å². The fourth-order valence-corrected chi connectivity index (χ4v) is 8.23. The molecule has 1 saturated heterocycles. The highest BCUT2D eigenvalue weighted by molar-refractivity contribution is 7.91. The van der Waals surface area contributed by atoms with Gasteiger partial charge < -0.3 is 14.5 Å². The quantitative estimate of drug-likeness (QED) is 0.213. The van der Waals surface area contributed by atoms with Crippen LogP contribution in [0.1, 0.15) is 63.2 Å². The van der Waals surface area contributed by atoms with Crippen LogP contribution in [0.4, 0.5) is 26.3 Å². The van der Waals surface area contributed by atoms with Crippen molar-refractivity contribution in [2.24, 2.45) is 11.8 Å². The Kier molecular flexibility index (Phi) is 10.8. The molecular weight excluding hydrogens is 638 g/mol. The molecular formula is C32H38F6N2O5S. The minimum atomic E-state index is -5.40. The van der Waals surface area contributed by atoms with Gasteiger partial charge in [0.25, 0.3) is 0 Å². The summed E-state index contributed by atoms with van der Waals surface area (Å²) in [6.45, 7) is 4.24. The van der Waals surface area contributed by atoms with Crippen LogP contribution in [0.25, 0.3) is 0 Å². The average molecular weight is 677 g/mol. The first kappa shape index (κ1) is 35.7. The Bertz CT molecular complexity index is 1480. The van der Waals surface area contributed by atoms with Gasteiger partial charge in [0.05, 0.1) is 16.2 Å². The summed E-state index contributed by atoms with van der Waals surface area (Å²) in [5.74, 6) is -4.65. The molecule has 0 spiro atoms. The molecule has 14 heteroatoms. The molecule has 1 unspecified atom stereocenters. The van der Waals surface area contributed by atoms with E-state index in [0.29, 0.717) is 25.3 Å². The molecule has 2 aromatic carbocycles. The molecule has 0 bridgehead atoms. The number of benzene rings is 2. The minimum absolute atomic E-state index is 0.0628. The molecule has 4 rings (SSSR count). The van der Waals surface area contributed by atoms with Gasteiger partial charge in [0.2, 0.25) is 5.91 Å². The monoisotopic (exact) mass is 676 g/mol. The number of nitrogens with zero attached hydrogens (tertiary/aromatic N) is 2. The number of carbonyl (C=O) groups is 2. The van der Waals surface area contributed by atoms with Gasteiger partial charge in [-0.05, 0) is 82.3 Å². The summed E-state index contributed by atoms with van der Waals surface area (Å²) in [5, 5.41) is 0. The molecule has 2 fully saturated rings. The van der Waals surface area contributed by atoms with Crippen molar-refractivity contribution in [2.45, 2.75) is 87.4 Å². The van der Waals surface area contributed by atoms with Crippen molar-refractivity contribution < 1.29 is 49.1 Å². The van der Waals surface area contributed by atoms with Crippen LogP contribution < -0.4 is 0 Å². The molecule has 1 saturated carbocycles. The summed E-state index contributed by atoms with van der Waals surface area (Å²) < 4.78 is 111. The summed E-state index contributed by atoms with van der Waals surface area (Å²) in [7, 11) is -1.77. The van der Waals surface area contributed by atoms with Gasteiger partial charge in [0, 0.05) is 37.0 Å². The van der Waals surface area contributed by atoms with Gasteiger partial charge >= 0.3 is 18.3 Å². The third-order valence-electron chi connectivity index (χ3n) is 9.16. The van der Waals surface area contributed by atoms with Crippen molar-refractivity contribution in [3.63, 3.8) is 0 Å². The first-order valence-corrected chi connectivity index (χ1v) is 16.8. The lowest BCUT2D eigenvalue weighted by Crippen LogP contribution is -2.51. The number of rotatable bonds is 10. The topological polar surface area (TPSA) is 84.0 Å². The molecule has 1 heterocycles. The molecule has 254 valence electrons. The Morgan fingerprint density at radius 1 is 1.00 bits per heavy atom. The molecule has 0 N–H and O–H groups in total. The van der Waals surface area contributed by atoms with Crippen molar-refractivity contribution in [3.8, 4) is 0 Å². The molecule has 1 aliphatic heterocycles. The minimum Gasteiger partial charge on any atom is -0.451 e. The van der Waals surface area contributed by atoms with Crippen molar-refractivity contribution in [3.05, 3.63) is 65.7 Å². The zero-order valence-electron chi connectivity index (χ0n) is 25.7. The van der Waals surface area contributed by atoms with E-state index in [4.69, 9.17) is 0 Å². The Morgan fingerprint density at radius 3 is 2.28 bits per heavy atom. The third-order valence-corrected chi connectivity index (χ3v) is 11.0. The van der Waals surface area contributed by atoms with Crippen LogP contribution in [0.5, 0.6) is 0 Å². The fraction of sp³-hybridized carbons (Fsp3) is 0.562. The summed E-state index contributed by atoms with van der Waals surface area (Å²) in [5.41, 5.74) is -1.45. The zero-order valence-corrected chi connectivity index (χ0v) is 26.5.